The number of benzene rings is 3. The van der Waals surface area contributed by atoms with Crippen LogP contribution < -0.4 is 15.0 Å². The van der Waals surface area contributed by atoms with Crippen LogP contribution in [0, 0.1) is 13.8 Å². The number of urea groups is 1. The molecule has 2 amide bonds. The van der Waals surface area contributed by atoms with E-state index in [1.165, 1.54) is 59.2 Å². The van der Waals surface area contributed by atoms with Crippen molar-refractivity contribution < 1.29 is 27.1 Å². The van der Waals surface area contributed by atoms with Crippen LogP contribution in [-0.2, 0) is 0 Å². The smallest absolute Gasteiger partial charge is 0.406 e. The number of carbonyl (C=O) groups is 1. The Morgan fingerprint density at radius 2 is 1.74 bits per heavy atom. The lowest BCUT2D eigenvalue weighted by Gasteiger charge is -2.31. The van der Waals surface area contributed by atoms with Crippen molar-refractivity contribution in [1.82, 2.24) is 20.1 Å². The van der Waals surface area contributed by atoms with Gasteiger partial charge >= 0.3 is 12.4 Å². The monoisotopic (exact) mass is 610 g/mol. The third-order valence-corrected chi connectivity index (χ3v) is 7.53. The van der Waals surface area contributed by atoms with Gasteiger partial charge in [-0.1, -0.05) is 54.2 Å². The quantitative estimate of drug-likeness (QED) is 0.229. The number of aliphatic imine (C=N–C) groups is 1. The zero-order chi connectivity index (χ0) is 30.6. The molecule has 0 atom stereocenters. The number of nitrogens with zero attached hydrogens (tertiary/aromatic N) is 5. The lowest BCUT2D eigenvalue weighted by molar-refractivity contribution is -0.274. The fourth-order valence-electron chi connectivity index (χ4n) is 4.52. The largest absolute Gasteiger partial charge is 0.573 e. The van der Waals surface area contributed by atoms with Crippen molar-refractivity contribution >= 4 is 34.5 Å². The summed E-state index contributed by atoms with van der Waals surface area (Å²) in [5.74, 6) is 0.148. The molecule has 43 heavy (non-hydrogen) atoms. The topological polar surface area (TPSA) is 84.6 Å². The van der Waals surface area contributed by atoms with Crippen molar-refractivity contribution in [1.29, 1.82) is 0 Å². The molecule has 1 aliphatic heterocycles. The summed E-state index contributed by atoms with van der Waals surface area (Å²) in [4.78, 5) is 23.1. The number of amides is 2. The first-order valence-electron chi connectivity index (χ1n) is 13.2. The third-order valence-electron chi connectivity index (χ3n) is 6.46. The van der Waals surface area contributed by atoms with Gasteiger partial charge in [0.15, 0.2) is 11.0 Å². The number of rotatable bonds is 6. The zero-order valence-electron chi connectivity index (χ0n) is 23.1. The van der Waals surface area contributed by atoms with Gasteiger partial charge in [0.2, 0.25) is 0 Å². The molecule has 1 aromatic heterocycles. The molecule has 4 aromatic rings. The molecule has 13 heteroatoms. The first kappa shape index (κ1) is 29.8. The van der Waals surface area contributed by atoms with Gasteiger partial charge in [-0.05, 0) is 55.7 Å². The standard InChI is InChI=1S/C30H26F4N6O2S/c1-19-5-3-6-20(2)26(19)39-15-4-16-43-29(39)37-28(41)35-17-25(31)21-7-9-22(10-8-21)27-36-18-40(38-27)23-11-13-24(14-12-23)42-30(32,33)34/h3,5-14,17-18H,4,15-16H2,1-2H3,(H,35,41)/b25-17-,37-29-. The number of hydrogen-bond donors (Lipinski definition) is 1. The molecule has 1 saturated heterocycles. The van der Waals surface area contributed by atoms with Gasteiger partial charge in [-0.15, -0.1) is 18.3 Å². The molecule has 0 spiro atoms. The third kappa shape index (κ3) is 7.41. The summed E-state index contributed by atoms with van der Waals surface area (Å²) < 4.78 is 57.3. The van der Waals surface area contributed by atoms with Gasteiger partial charge in [0.05, 0.1) is 5.69 Å². The molecule has 5 rings (SSSR count). The van der Waals surface area contributed by atoms with E-state index in [2.05, 4.69) is 25.1 Å². The average molecular weight is 611 g/mol. The second kappa shape index (κ2) is 12.7. The van der Waals surface area contributed by atoms with E-state index in [0.717, 1.165) is 41.7 Å². The summed E-state index contributed by atoms with van der Waals surface area (Å²) in [5, 5.41) is 7.32. The summed E-state index contributed by atoms with van der Waals surface area (Å²) >= 11 is 1.49. The van der Waals surface area contributed by atoms with Crippen molar-refractivity contribution in [3.05, 3.63) is 95.9 Å². The Morgan fingerprint density at radius 1 is 1.05 bits per heavy atom. The van der Waals surface area contributed by atoms with E-state index in [4.69, 9.17) is 0 Å². The maximum Gasteiger partial charge on any atom is 0.573 e. The molecular formula is C30H26F4N6O2S. The first-order valence-corrected chi connectivity index (χ1v) is 14.2. The summed E-state index contributed by atoms with van der Waals surface area (Å²) in [6.07, 6.45) is -1.45. The van der Waals surface area contributed by atoms with E-state index in [1.807, 2.05) is 36.9 Å². The minimum absolute atomic E-state index is 0.223. The van der Waals surface area contributed by atoms with Crippen LogP contribution in [0.3, 0.4) is 0 Å². The summed E-state index contributed by atoms with van der Waals surface area (Å²) in [5.41, 5.74) is 4.48. The molecule has 1 fully saturated rings. The van der Waals surface area contributed by atoms with Gasteiger partial charge in [-0.3, -0.25) is 0 Å². The summed E-state index contributed by atoms with van der Waals surface area (Å²) in [6.45, 7) is 4.77. The van der Waals surface area contributed by atoms with Gasteiger partial charge in [0, 0.05) is 35.3 Å². The lowest BCUT2D eigenvalue weighted by Crippen LogP contribution is -2.36. The normalized spacial score (nSPS) is 15.1. The van der Waals surface area contributed by atoms with E-state index < -0.39 is 18.2 Å². The summed E-state index contributed by atoms with van der Waals surface area (Å²) in [6, 6.07) is 16.8. The number of alkyl halides is 3. The van der Waals surface area contributed by atoms with Crippen LogP contribution in [0.1, 0.15) is 23.1 Å². The molecule has 0 radical (unpaired) electrons. The second-order valence-electron chi connectivity index (χ2n) is 9.56. The number of aryl methyl sites for hydroxylation is 2. The molecule has 0 saturated carbocycles. The maximum absolute atomic E-state index is 14.9. The Balaban J connectivity index is 1.23. The van der Waals surface area contributed by atoms with Crippen LogP contribution >= 0.6 is 11.8 Å². The van der Waals surface area contributed by atoms with Crippen molar-refractivity contribution in [3.63, 3.8) is 0 Å². The van der Waals surface area contributed by atoms with Crippen LogP contribution in [0.25, 0.3) is 22.9 Å². The molecule has 2 heterocycles. The maximum atomic E-state index is 14.9. The fraction of sp³-hybridized carbons (Fsp3) is 0.200. The second-order valence-corrected chi connectivity index (χ2v) is 10.6. The number of halogens is 4. The molecule has 3 aromatic carbocycles. The Kier molecular flexibility index (Phi) is 8.81. The molecule has 0 unspecified atom stereocenters. The van der Waals surface area contributed by atoms with Crippen molar-refractivity contribution in [3.8, 4) is 22.8 Å². The zero-order valence-corrected chi connectivity index (χ0v) is 23.9. The number of aromatic nitrogens is 3. The van der Waals surface area contributed by atoms with E-state index in [1.54, 1.807) is 12.1 Å². The summed E-state index contributed by atoms with van der Waals surface area (Å²) in [7, 11) is 0. The molecule has 1 N–H and O–H groups in total. The van der Waals surface area contributed by atoms with Crippen LogP contribution in [0.2, 0.25) is 0 Å². The lowest BCUT2D eigenvalue weighted by atomic mass is 10.1. The van der Waals surface area contributed by atoms with Crippen molar-refractivity contribution in [2.24, 2.45) is 4.99 Å². The molecule has 1 aliphatic rings. The van der Waals surface area contributed by atoms with Crippen LogP contribution in [0.15, 0.2) is 84.2 Å². The van der Waals surface area contributed by atoms with Gasteiger partial charge in [0.1, 0.15) is 17.9 Å². The van der Waals surface area contributed by atoms with Crippen molar-refractivity contribution in [2.75, 3.05) is 17.2 Å². The van der Waals surface area contributed by atoms with Crippen LogP contribution in [-0.4, -0.2) is 44.6 Å². The van der Waals surface area contributed by atoms with Gasteiger partial charge < -0.3 is 15.0 Å². The number of thioether (sulfide) groups is 1. The number of nitrogens with one attached hydrogen (secondary N) is 1. The van der Waals surface area contributed by atoms with Crippen LogP contribution in [0.4, 0.5) is 28.0 Å². The molecule has 8 nitrogen and oxygen atoms in total. The fourth-order valence-corrected chi connectivity index (χ4v) is 5.46. The SMILES string of the molecule is Cc1cccc(C)c1N1CCCS/C1=N\C(=O)N/C=C(\F)c1ccc(-c2ncn(-c3ccc(OC(F)(F)F)cc3)n2)cc1. The molecule has 0 aliphatic carbocycles. The van der Waals surface area contributed by atoms with Crippen molar-refractivity contribution in [2.45, 2.75) is 26.6 Å². The highest BCUT2D eigenvalue weighted by molar-refractivity contribution is 8.14. The van der Waals surface area contributed by atoms with Gasteiger partial charge in [-0.25, -0.2) is 18.9 Å². The highest BCUT2D eigenvalue weighted by Crippen LogP contribution is 2.31. The van der Waals surface area contributed by atoms with Crippen LogP contribution in [0.5, 0.6) is 5.75 Å². The Labute approximate surface area is 249 Å². The number of hydrogen-bond acceptors (Lipinski definition) is 5. The molecule has 222 valence electrons. The van der Waals surface area contributed by atoms with E-state index in [9.17, 15) is 22.4 Å². The van der Waals surface area contributed by atoms with Gasteiger partial charge in [-0.2, -0.15) is 4.99 Å². The molecule has 0 bridgehead atoms. The highest BCUT2D eigenvalue weighted by atomic mass is 32.2. The van der Waals surface area contributed by atoms with Gasteiger partial charge in [0.25, 0.3) is 0 Å². The number of carbonyl (C=O) groups excluding carboxylic acids is 1. The minimum atomic E-state index is -4.78. The number of para-hydroxylation sites is 1. The highest BCUT2D eigenvalue weighted by Gasteiger charge is 2.31. The number of anilines is 1. The average Bonchev–Trinajstić information content (AvgIpc) is 3.47. The predicted molar refractivity (Wildman–Crippen MR) is 159 cm³/mol. The van der Waals surface area contributed by atoms with E-state index in [-0.39, 0.29) is 11.3 Å². The number of ether oxygens (including phenoxy) is 1. The predicted octanol–water partition coefficient (Wildman–Crippen LogP) is 7.43. The Morgan fingerprint density at radius 3 is 2.42 bits per heavy atom. The minimum Gasteiger partial charge on any atom is -0.406 e. The Bertz CT molecular complexity index is 1650. The van der Waals surface area contributed by atoms with E-state index >= 15 is 0 Å². The number of amidine groups is 1. The first-order chi connectivity index (χ1) is 20.6. The molecular weight excluding hydrogens is 584 g/mol. The Hall–Kier alpha value is -4.65. The van der Waals surface area contributed by atoms with E-state index in [0.29, 0.717) is 22.2 Å².